The molecule has 1 saturated heterocycles. The lowest BCUT2D eigenvalue weighted by atomic mass is 10.1. The lowest BCUT2D eigenvalue weighted by Crippen LogP contribution is -2.32. The molecule has 2 rings (SSSR count). The molecule has 4 nitrogen and oxygen atoms in total. The number of amides is 1. The summed E-state index contributed by atoms with van der Waals surface area (Å²) in [5, 5.41) is 2.64. The topological polar surface area (TPSA) is 41.6 Å². The molecule has 124 valence electrons. The molecule has 1 fully saturated rings. The van der Waals surface area contributed by atoms with Crippen LogP contribution in [0.3, 0.4) is 0 Å². The van der Waals surface area contributed by atoms with Crippen LogP contribution in [0.4, 0.5) is 4.79 Å². The average Bonchev–Trinajstić information content (AvgIpc) is 2.95. The molecule has 1 aromatic carbocycles. The van der Waals surface area contributed by atoms with Gasteiger partial charge in [-0.1, -0.05) is 24.0 Å². The van der Waals surface area contributed by atoms with Gasteiger partial charge in [0.1, 0.15) is 5.60 Å². The van der Waals surface area contributed by atoms with Crippen molar-refractivity contribution in [2.24, 2.45) is 0 Å². The third kappa shape index (κ3) is 6.75. The highest BCUT2D eigenvalue weighted by atomic mass is 16.6. The van der Waals surface area contributed by atoms with Crippen LogP contribution in [0, 0.1) is 11.8 Å². The van der Waals surface area contributed by atoms with Gasteiger partial charge in [-0.15, -0.1) is 0 Å². The van der Waals surface area contributed by atoms with Crippen LogP contribution in [-0.4, -0.2) is 36.2 Å². The molecule has 0 saturated carbocycles. The van der Waals surface area contributed by atoms with E-state index in [9.17, 15) is 4.79 Å². The van der Waals surface area contributed by atoms with E-state index in [4.69, 9.17) is 4.74 Å². The standard InChI is InChI=1S/C19H26N2O2/c1-19(2,3)23-18(22)20-11-7-10-16-8-6-9-17(14-16)15-21-12-4-5-13-21/h6,8-9,14H,4-5,11-13,15H2,1-3H3,(H,20,22). The minimum Gasteiger partial charge on any atom is -0.444 e. The van der Waals surface area contributed by atoms with Gasteiger partial charge in [0.05, 0.1) is 6.54 Å². The molecule has 0 radical (unpaired) electrons. The van der Waals surface area contributed by atoms with Crippen molar-refractivity contribution in [2.75, 3.05) is 19.6 Å². The van der Waals surface area contributed by atoms with Gasteiger partial charge in [-0.05, 0) is 64.4 Å². The monoisotopic (exact) mass is 314 g/mol. The summed E-state index contributed by atoms with van der Waals surface area (Å²) in [6.07, 6.45) is 2.17. The number of hydrogen-bond donors (Lipinski definition) is 1. The van der Waals surface area contributed by atoms with Gasteiger partial charge in [0.2, 0.25) is 0 Å². The second-order valence-electron chi connectivity index (χ2n) is 6.84. The van der Waals surface area contributed by atoms with E-state index in [0.717, 1.165) is 12.1 Å². The number of rotatable bonds is 3. The van der Waals surface area contributed by atoms with Gasteiger partial charge in [0, 0.05) is 12.1 Å². The Bertz CT molecular complexity index is 587. The zero-order chi connectivity index (χ0) is 16.7. The van der Waals surface area contributed by atoms with E-state index in [0.29, 0.717) is 0 Å². The van der Waals surface area contributed by atoms with Crippen LogP contribution in [-0.2, 0) is 11.3 Å². The average molecular weight is 314 g/mol. The lowest BCUT2D eigenvalue weighted by Gasteiger charge is -2.19. The van der Waals surface area contributed by atoms with Crippen LogP contribution in [0.5, 0.6) is 0 Å². The molecule has 4 heteroatoms. The van der Waals surface area contributed by atoms with E-state index in [1.807, 2.05) is 32.9 Å². The fraction of sp³-hybridized carbons (Fsp3) is 0.526. The van der Waals surface area contributed by atoms with E-state index >= 15 is 0 Å². The summed E-state index contributed by atoms with van der Waals surface area (Å²) in [6.45, 7) is 9.17. The van der Waals surface area contributed by atoms with Crippen LogP contribution in [0.1, 0.15) is 44.7 Å². The number of nitrogens with zero attached hydrogens (tertiary/aromatic N) is 1. The van der Waals surface area contributed by atoms with Gasteiger partial charge in [-0.25, -0.2) is 4.79 Å². The van der Waals surface area contributed by atoms with Gasteiger partial charge < -0.3 is 10.1 Å². The minimum absolute atomic E-state index is 0.283. The number of hydrogen-bond acceptors (Lipinski definition) is 3. The SMILES string of the molecule is CC(C)(C)OC(=O)NCC#Cc1cccc(CN2CCCC2)c1. The number of likely N-dealkylation sites (tertiary alicyclic amines) is 1. The molecule has 0 bridgehead atoms. The van der Waals surface area contributed by atoms with Crippen molar-refractivity contribution in [3.05, 3.63) is 35.4 Å². The maximum Gasteiger partial charge on any atom is 0.408 e. The van der Waals surface area contributed by atoms with E-state index in [2.05, 4.69) is 34.2 Å². The van der Waals surface area contributed by atoms with Gasteiger partial charge >= 0.3 is 6.09 Å². The smallest absolute Gasteiger partial charge is 0.408 e. The molecular weight excluding hydrogens is 288 g/mol. The molecule has 0 unspecified atom stereocenters. The minimum atomic E-state index is -0.485. The summed E-state index contributed by atoms with van der Waals surface area (Å²) in [4.78, 5) is 14.0. The lowest BCUT2D eigenvalue weighted by molar-refractivity contribution is 0.0535. The molecular formula is C19H26N2O2. The summed E-state index contributed by atoms with van der Waals surface area (Å²) < 4.78 is 5.16. The maximum atomic E-state index is 11.5. The second-order valence-corrected chi connectivity index (χ2v) is 6.84. The summed E-state index contributed by atoms with van der Waals surface area (Å²) in [6, 6.07) is 8.30. The Morgan fingerprint density at radius 2 is 2.04 bits per heavy atom. The Hall–Kier alpha value is -1.99. The van der Waals surface area contributed by atoms with Crippen molar-refractivity contribution in [3.63, 3.8) is 0 Å². The number of carbonyl (C=O) groups excluding carboxylic acids is 1. The third-order valence-electron chi connectivity index (χ3n) is 3.48. The van der Waals surface area contributed by atoms with Crippen molar-refractivity contribution in [1.82, 2.24) is 10.2 Å². The number of nitrogens with one attached hydrogen (secondary N) is 1. The van der Waals surface area contributed by atoms with Crippen LogP contribution < -0.4 is 5.32 Å². The van der Waals surface area contributed by atoms with Crippen molar-refractivity contribution in [3.8, 4) is 11.8 Å². The van der Waals surface area contributed by atoms with Gasteiger partial charge in [0.25, 0.3) is 0 Å². The molecule has 1 aliphatic rings. The molecule has 1 N–H and O–H groups in total. The predicted molar refractivity (Wildman–Crippen MR) is 92.1 cm³/mol. The first-order valence-corrected chi connectivity index (χ1v) is 8.19. The number of alkyl carbamates (subject to hydrolysis) is 1. The highest BCUT2D eigenvalue weighted by Crippen LogP contribution is 2.13. The Morgan fingerprint density at radius 3 is 2.74 bits per heavy atom. The van der Waals surface area contributed by atoms with Crippen LogP contribution in [0.15, 0.2) is 24.3 Å². The summed E-state index contributed by atoms with van der Waals surface area (Å²) in [5.41, 5.74) is 1.79. The fourth-order valence-electron chi connectivity index (χ4n) is 2.52. The maximum absolute atomic E-state index is 11.5. The number of benzene rings is 1. The predicted octanol–water partition coefficient (Wildman–Crippen LogP) is 3.16. The summed E-state index contributed by atoms with van der Waals surface area (Å²) in [7, 11) is 0. The van der Waals surface area contributed by atoms with Gasteiger partial charge in [-0.3, -0.25) is 4.90 Å². The number of carbonyl (C=O) groups is 1. The Labute approximate surface area is 139 Å². The molecule has 1 aliphatic heterocycles. The molecule has 0 spiro atoms. The highest BCUT2D eigenvalue weighted by molar-refractivity contribution is 5.68. The quantitative estimate of drug-likeness (QED) is 0.871. The first-order valence-electron chi connectivity index (χ1n) is 8.19. The first kappa shape index (κ1) is 17.4. The van der Waals surface area contributed by atoms with Crippen LogP contribution in [0.2, 0.25) is 0 Å². The molecule has 0 aromatic heterocycles. The zero-order valence-electron chi connectivity index (χ0n) is 14.3. The van der Waals surface area contributed by atoms with E-state index in [-0.39, 0.29) is 6.54 Å². The third-order valence-corrected chi connectivity index (χ3v) is 3.48. The van der Waals surface area contributed by atoms with Crippen molar-refractivity contribution in [1.29, 1.82) is 0 Å². The molecule has 0 aliphatic carbocycles. The van der Waals surface area contributed by atoms with Crippen molar-refractivity contribution < 1.29 is 9.53 Å². The van der Waals surface area contributed by atoms with Crippen molar-refractivity contribution >= 4 is 6.09 Å². The van der Waals surface area contributed by atoms with Crippen molar-refractivity contribution in [2.45, 2.75) is 45.8 Å². The van der Waals surface area contributed by atoms with Crippen LogP contribution >= 0.6 is 0 Å². The fourth-order valence-corrected chi connectivity index (χ4v) is 2.52. The highest BCUT2D eigenvalue weighted by Gasteiger charge is 2.15. The summed E-state index contributed by atoms with van der Waals surface area (Å²) >= 11 is 0. The molecule has 0 atom stereocenters. The first-order chi connectivity index (χ1) is 10.9. The Morgan fingerprint density at radius 1 is 1.30 bits per heavy atom. The molecule has 1 amide bonds. The van der Waals surface area contributed by atoms with Gasteiger partial charge in [0.15, 0.2) is 0 Å². The molecule has 1 heterocycles. The molecule has 1 aromatic rings. The molecule has 23 heavy (non-hydrogen) atoms. The Balaban J connectivity index is 1.82. The second kappa shape index (κ2) is 8.03. The van der Waals surface area contributed by atoms with E-state index in [1.165, 1.54) is 31.5 Å². The largest absolute Gasteiger partial charge is 0.444 e. The zero-order valence-corrected chi connectivity index (χ0v) is 14.3. The van der Waals surface area contributed by atoms with E-state index < -0.39 is 11.7 Å². The van der Waals surface area contributed by atoms with Crippen LogP contribution in [0.25, 0.3) is 0 Å². The summed E-state index contributed by atoms with van der Waals surface area (Å²) in [5.74, 6) is 6.05. The normalized spacial score (nSPS) is 14.9. The van der Waals surface area contributed by atoms with Gasteiger partial charge in [-0.2, -0.15) is 0 Å². The Kier molecular flexibility index (Phi) is 6.06. The van der Waals surface area contributed by atoms with E-state index in [1.54, 1.807) is 0 Å². The number of ether oxygens (including phenoxy) is 1.